The fourth-order valence-electron chi connectivity index (χ4n) is 9.00. The molecule has 12 rings (SSSR count). The number of rotatable bonds is 3. The summed E-state index contributed by atoms with van der Waals surface area (Å²) < 4.78 is 0. The third kappa shape index (κ3) is 4.22. The molecule has 0 unspecified atom stereocenters. The highest BCUT2D eigenvalue weighted by Gasteiger charge is 2.25. The molecule has 8 heterocycles. The lowest BCUT2D eigenvalue weighted by Crippen LogP contribution is -2.19. The summed E-state index contributed by atoms with van der Waals surface area (Å²) in [5.41, 5.74) is 14.2. The van der Waals surface area contributed by atoms with Gasteiger partial charge in [-0.25, -0.2) is 19.9 Å². The molecule has 0 N–H and O–H groups in total. The second-order valence-electron chi connectivity index (χ2n) is 14.5. The third-order valence-corrected chi connectivity index (χ3v) is 11.5. The van der Waals surface area contributed by atoms with Crippen LogP contribution in [0.4, 0.5) is 11.4 Å². The second-order valence-corrected chi connectivity index (χ2v) is 14.5. The molecular weight excluding hydrogens is 669 g/mol. The van der Waals surface area contributed by atoms with Crippen LogP contribution in [0.5, 0.6) is 0 Å². The van der Waals surface area contributed by atoms with Gasteiger partial charge >= 0.3 is 0 Å². The third-order valence-electron chi connectivity index (χ3n) is 11.5. The minimum Gasteiger partial charge on any atom is -0.370 e. The quantitative estimate of drug-likeness (QED) is 0.131. The van der Waals surface area contributed by atoms with Crippen molar-refractivity contribution in [1.29, 1.82) is 0 Å². The van der Waals surface area contributed by atoms with Crippen LogP contribution in [0.3, 0.4) is 0 Å². The van der Waals surface area contributed by atoms with Gasteiger partial charge in [0.2, 0.25) is 0 Å². The van der Waals surface area contributed by atoms with E-state index in [1.807, 2.05) is 49.1 Å². The molecule has 6 aromatic heterocycles. The Kier molecular flexibility index (Phi) is 6.31. The molecule has 258 valence electrons. The molecule has 2 aliphatic heterocycles. The fraction of sp³-hybridized carbons (Fsp3) is 0.182. The summed E-state index contributed by atoms with van der Waals surface area (Å²) >= 11 is 0. The van der Waals surface area contributed by atoms with E-state index in [-0.39, 0.29) is 0 Å². The Bertz CT molecular complexity index is 2990. The standard InChI is InChI=1S/C44H32N10/c1-2-22-53(21-1)31-15-13-25(37-43(31)51-41-29-11-7-19-47-35(29)33-27(39(41)49-37)9-5-17-45-33)26-14-16-32(54-23-3-4-24-54)44-38(26)50-40-28-10-6-18-46-34(28)36-30(42(40)52-44)12-8-20-48-36/h5-20H,1-4,21-24H2. The molecule has 2 saturated heterocycles. The van der Waals surface area contributed by atoms with Crippen LogP contribution in [0.15, 0.2) is 97.6 Å². The van der Waals surface area contributed by atoms with E-state index < -0.39 is 0 Å². The average Bonchev–Trinajstić information content (AvgIpc) is 3.98. The summed E-state index contributed by atoms with van der Waals surface area (Å²) in [5.74, 6) is 0. The lowest BCUT2D eigenvalue weighted by Gasteiger charge is -2.23. The molecule has 2 fully saturated rings. The van der Waals surface area contributed by atoms with Crippen molar-refractivity contribution in [2.75, 3.05) is 36.0 Å². The molecule has 0 atom stereocenters. The van der Waals surface area contributed by atoms with Crippen LogP contribution in [0, 0.1) is 0 Å². The molecule has 10 heteroatoms. The molecule has 54 heavy (non-hydrogen) atoms. The van der Waals surface area contributed by atoms with E-state index in [2.05, 4.69) is 58.3 Å². The minimum atomic E-state index is 0.816. The molecule has 2 aliphatic rings. The van der Waals surface area contributed by atoms with Crippen LogP contribution in [0.25, 0.3) is 98.9 Å². The zero-order valence-corrected chi connectivity index (χ0v) is 29.4. The molecule has 10 nitrogen and oxygen atoms in total. The first-order valence-electron chi connectivity index (χ1n) is 18.8. The maximum Gasteiger partial charge on any atom is 0.113 e. The number of hydrogen-bond donors (Lipinski definition) is 0. The largest absolute Gasteiger partial charge is 0.370 e. The molecule has 0 bridgehead atoms. The molecular formula is C44H32N10. The van der Waals surface area contributed by atoms with Gasteiger partial charge in [-0.3, -0.25) is 19.9 Å². The van der Waals surface area contributed by atoms with Gasteiger partial charge in [0.05, 0.1) is 66.5 Å². The van der Waals surface area contributed by atoms with Crippen LogP contribution in [-0.4, -0.2) is 66.1 Å². The summed E-state index contributed by atoms with van der Waals surface area (Å²) in [6.45, 7) is 3.97. The number of hydrogen-bond acceptors (Lipinski definition) is 10. The summed E-state index contributed by atoms with van der Waals surface area (Å²) in [6, 6.07) is 25.1. The van der Waals surface area contributed by atoms with E-state index in [9.17, 15) is 0 Å². The Hall–Kier alpha value is -6.68. The lowest BCUT2D eigenvalue weighted by atomic mass is 9.98. The number of aromatic nitrogens is 8. The smallest absolute Gasteiger partial charge is 0.113 e. The van der Waals surface area contributed by atoms with E-state index in [0.717, 1.165) is 162 Å². The Morgan fingerprint density at radius 2 is 0.630 bits per heavy atom. The van der Waals surface area contributed by atoms with Gasteiger partial charge in [0.15, 0.2) is 0 Å². The van der Waals surface area contributed by atoms with Gasteiger partial charge in [-0.1, -0.05) is 0 Å². The zero-order chi connectivity index (χ0) is 35.3. The number of fused-ring (bicyclic) bond motifs is 14. The van der Waals surface area contributed by atoms with Crippen molar-refractivity contribution in [3.8, 4) is 11.1 Å². The van der Waals surface area contributed by atoms with Gasteiger partial charge in [-0.15, -0.1) is 0 Å². The maximum absolute atomic E-state index is 5.59. The summed E-state index contributed by atoms with van der Waals surface area (Å²) in [7, 11) is 0. The monoisotopic (exact) mass is 700 g/mol. The summed E-state index contributed by atoms with van der Waals surface area (Å²) in [5, 5.41) is 3.77. The SMILES string of the molecule is c1cnc2c(c1)c1nc3c(-c4ccc(N5CCCC5)c5nc6c7cccnc7c7ncccc7c6nc45)ccc(N4CCCC4)c3nc1c1cccnc12. The van der Waals surface area contributed by atoms with Crippen LogP contribution in [0.1, 0.15) is 25.7 Å². The summed E-state index contributed by atoms with van der Waals surface area (Å²) in [6.07, 6.45) is 11.9. The van der Waals surface area contributed by atoms with Crippen molar-refractivity contribution in [3.05, 3.63) is 97.6 Å². The van der Waals surface area contributed by atoms with Crippen molar-refractivity contribution in [3.63, 3.8) is 0 Å². The molecule has 0 radical (unpaired) electrons. The Labute approximate surface area is 308 Å². The van der Waals surface area contributed by atoms with Gasteiger partial charge in [-0.2, -0.15) is 0 Å². The number of benzene rings is 4. The van der Waals surface area contributed by atoms with Gasteiger partial charge in [0.1, 0.15) is 11.0 Å². The molecule has 0 spiro atoms. The topological polar surface area (TPSA) is 110 Å². The fourth-order valence-corrected chi connectivity index (χ4v) is 9.00. The van der Waals surface area contributed by atoms with Crippen molar-refractivity contribution < 1.29 is 0 Å². The predicted octanol–water partition coefficient (Wildman–Crippen LogP) is 8.94. The van der Waals surface area contributed by atoms with Gasteiger partial charge in [-0.05, 0) is 98.5 Å². The molecule has 4 aromatic carbocycles. The van der Waals surface area contributed by atoms with Crippen molar-refractivity contribution >= 4 is 99.1 Å². The van der Waals surface area contributed by atoms with E-state index in [4.69, 9.17) is 39.9 Å². The molecule has 10 aromatic rings. The molecule has 0 amide bonds. The van der Waals surface area contributed by atoms with E-state index in [0.29, 0.717) is 0 Å². The highest BCUT2D eigenvalue weighted by molar-refractivity contribution is 6.24. The molecule has 0 aliphatic carbocycles. The normalized spacial score (nSPS) is 15.1. The lowest BCUT2D eigenvalue weighted by molar-refractivity contribution is 0.949. The summed E-state index contributed by atoms with van der Waals surface area (Å²) in [4.78, 5) is 46.3. The van der Waals surface area contributed by atoms with Crippen LogP contribution >= 0.6 is 0 Å². The highest BCUT2D eigenvalue weighted by atomic mass is 15.2. The van der Waals surface area contributed by atoms with Crippen LogP contribution < -0.4 is 9.80 Å². The first-order chi connectivity index (χ1) is 26.8. The highest BCUT2D eigenvalue weighted by Crippen LogP contribution is 2.43. The van der Waals surface area contributed by atoms with Gasteiger partial charge in [0.25, 0.3) is 0 Å². The Balaban J connectivity index is 1.23. The van der Waals surface area contributed by atoms with Gasteiger partial charge in [0, 0.05) is 83.6 Å². The van der Waals surface area contributed by atoms with Gasteiger partial charge < -0.3 is 9.80 Å². The predicted molar refractivity (Wildman–Crippen MR) is 217 cm³/mol. The van der Waals surface area contributed by atoms with Crippen LogP contribution in [-0.2, 0) is 0 Å². The second kappa shape index (κ2) is 11.4. The molecule has 0 saturated carbocycles. The van der Waals surface area contributed by atoms with E-state index >= 15 is 0 Å². The van der Waals surface area contributed by atoms with Crippen molar-refractivity contribution in [2.24, 2.45) is 0 Å². The van der Waals surface area contributed by atoms with Crippen molar-refractivity contribution in [1.82, 2.24) is 39.9 Å². The minimum absolute atomic E-state index is 0.816. The van der Waals surface area contributed by atoms with Crippen LogP contribution in [0.2, 0.25) is 0 Å². The van der Waals surface area contributed by atoms with E-state index in [1.54, 1.807) is 0 Å². The van der Waals surface area contributed by atoms with Crippen molar-refractivity contribution in [2.45, 2.75) is 25.7 Å². The first-order valence-corrected chi connectivity index (χ1v) is 18.8. The number of pyridine rings is 4. The number of nitrogens with zero attached hydrogens (tertiary/aromatic N) is 10. The zero-order valence-electron chi connectivity index (χ0n) is 29.4. The maximum atomic E-state index is 5.59. The average molecular weight is 701 g/mol. The first kappa shape index (κ1) is 29.9. The Morgan fingerprint density at radius 1 is 0.315 bits per heavy atom. The Morgan fingerprint density at radius 3 is 0.963 bits per heavy atom. The van der Waals surface area contributed by atoms with E-state index in [1.165, 1.54) is 0 Å². The number of anilines is 2.